The van der Waals surface area contributed by atoms with E-state index in [-0.39, 0.29) is 47.5 Å². The van der Waals surface area contributed by atoms with Crippen LogP contribution in [-0.2, 0) is 35.9 Å². The van der Waals surface area contributed by atoms with Crippen LogP contribution in [0.4, 0.5) is 4.39 Å². The fourth-order valence-corrected chi connectivity index (χ4v) is 6.55. The fourth-order valence-electron chi connectivity index (χ4n) is 3.61. The molecule has 0 bridgehead atoms. The molecule has 212 valence electrons. The van der Waals surface area contributed by atoms with Crippen molar-refractivity contribution in [2.24, 2.45) is 7.05 Å². The van der Waals surface area contributed by atoms with Crippen LogP contribution in [-0.4, -0.2) is 75.1 Å². The minimum atomic E-state index is -4.12. The number of amides is 2. The average Bonchev–Trinajstić information content (AvgIpc) is 3.26. The van der Waals surface area contributed by atoms with Crippen LogP contribution in [0.1, 0.15) is 24.1 Å². The van der Waals surface area contributed by atoms with Crippen molar-refractivity contribution in [3.63, 3.8) is 0 Å². The number of fused-ring (bicyclic) bond motifs is 1. The summed E-state index contributed by atoms with van der Waals surface area (Å²) in [6.07, 6.45) is 1.48. The monoisotopic (exact) mass is 582 g/mol. The lowest BCUT2D eigenvalue weighted by molar-refractivity contribution is -0.126. The number of carbonyl (C=O) groups is 2. The van der Waals surface area contributed by atoms with Crippen LogP contribution in [0.2, 0.25) is 0 Å². The van der Waals surface area contributed by atoms with Gasteiger partial charge >= 0.3 is 0 Å². The molecular formula is C25H31FN4O7S2. The summed E-state index contributed by atoms with van der Waals surface area (Å²) in [6.45, 7) is 3.62. The normalized spacial score (nSPS) is 12.6. The van der Waals surface area contributed by atoms with Crippen LogP contribution < -0.4 is 16.2 Å². The van der Waals surface area contributed by atoms with E-state index in [1.807, 2.05) is 13.8 Å². The molecule has 39 heavy (non-hydrogen) atoms. The van der Waals surface area contributed by atoms with E-state index in [1.54, 1.807) is 0 Å². The second-order valence-corrected chi connectivity index (χ2v) is 12.2. The highest BCUT2D eigenvalue weighted by atomic mass is 32.2. The number of halogens is 1. The van der Waals surface area contributed by atoms with Gasteiger partial charge in [0.1, 0.15) is 10.8 Å². The number of sulfone groups is 1. The molecule has 0 aliphatic rings. The third-order valence-corrected chi connectivity index (χ3v) is 8.71. The maximum absolute atomic E-state index is 15.0. The largest absolute Gasteiger partial charge is 0.384 e. The van der Waals surface area contributed by atoms with E-state index in [0.29, 0.717) is 10.3 Å². The number of hydrogen-bond acceptors (Lipinski definition) is 9. The lowest BCUT2D eigenvalue weighted by Gasteiger charge is -2.15. The van der Waals surface area contributed by atoms with Crippen LogP contribution in [0.15, 0.2) is 35.3 Å². The molecule has 0 aliphatic carbocycles. The smallest absolute Gasteiger partial charge is 0.250 e. The van der Waals surface area contributed by atoms with E-state index in [4.69, 9.17) is 9.47 Å². The van der Waals surface area contributed by atoms with E-state index in [0.717, 1.165) is 11.3 Å². The van der Waals surface area contributed by atoms with E-state index in [1.165, 1.54) is 49.2 Å². The van der Waals surface area contributed by atoms with Gasteiger partial charge in [0.25, 0.3) is 0 Å². The Hall–Kier alpha value is -3.20. The van der Waals surface area contributed by atoms with Crippen molar-refractivity contribution < 1.29 is 31.9 Å². The van der Waals surface area contributed by atoms with Gasteiger partial charge in [-0.15, -0.1) is 11.3 Å². The molecule has 3 aromatic rings. The molecule has 0 aliphatic heterocycles. The molecule has 11 nitrogen and oxygen atoms in total. The number of carbonyl (C=O) groups excluding carboxylic acids is 2. The van der Waals surface area contributed by atoms with Crippen LogP contribution in [0.25, 0.3) is 21.3 Å². The van der Waals surface area contributed by atoms with Crippen molar-refractivity contribution in [1.29, 1.82) is 0 Å². The SMILES string of the molecule is COCCS(=O)(=O)C(C(=O)NCC(=O)NCCOC(C)C)c1nc2cc(-c3ccc(=O)n(C)c3)c(F)cc2s1. The molecule has 0 spiro atoms. The Morgan fingerprint density at radius 1 is 1.18 bits per heavy atom. The molecule has 0 saturated heterocycles. The summed E-state index contributed by atoms with van der Waals surface area (Å²) < 4.78 is 53.2. The molecule has 2 N–H and O–H groups in total. The van der Waals surface area contributed by atoms with E-state index >= 15 is 4.39 Å². The van der Waals surface area contributed by atoms with Gasteiger partial charge in [0.2, 0.25) is 17.4 Å². The van der Waals surface area contributed by atoms with Crippen LogP contribution >= 0.6 is 11.3 Å². The van der Waals surface area contributed by atoms with Gasteiger partial charge in [-0.3, -0.25) is 14.4 Å². The molecule has 0 saturated carbocycles. The van der Waals surface area contributed by atoms with E-state index in [9.17, 15) is 22.8 Å². The summed E-state index contributed by atoms with van der Waals surface area (Å²) in [6, 6.07) is 5.43. The standard InChI is InChI=1S/C25H31FN4O7S2/c1-15(2)37-8-7-27-21(31)13-28-24(33)23(39(34,35)10-9-36-4)25-29-19-11-17(18(26)12-20(19)38-25)16-5-6-22(32)30(3)14-16/h5-6,11-12,14-15,23H,7-10,13H2,1-4H3,(H,27,31)(H,28,33). The number of ether oxygens (including phenoxy) is 2. The first kappa shape index (κ1) is 30.3. The number of aromatic nitrogens is 2. The molecule has 1 unspecified atom stereocenters. The molecule has 2 amide bonds. The topological polar surface area (TPSA) is 146 Å². The minimum Gasteiger partial charge on any atom is -0.384 e. The molecule has 0 radical (unpaired) electrons. The molecule has 2 heterocycles. The summed E-state index contributed by atoms with van der Waals surface area (Å²) in [5.74, 6) is -2.51. The zero-order valence-electron chi connectivity index (χ0n) is 22.0. The third kappa shape index (κ3) is 7.91. The fraction of sp³-hybridized carbons (Fsp3) is 0.440. The molecule has 2 aromatic heterocycles. The minimum absolute atomic E-state index is 0.000529. The molecule has 1 atom stereocenters. The molecule has 14 heteroatoms. The van der Waals surface area contributed by atoms with Crippen molar-refractivity contribution >= 4 is 43.2 Å². The van der Waals surface area contributed by atoms with Crippen molar-refractivity contribution in [2.75, 3.05) is 39.2 Å². The first-order valence-electron chi connectivity index (χ1n) is 12.1. The van der Waals surface area contributed by atoms with Gasteiger partial charge in [0.15, 0.2) is 15.1 Å². The number of benzene rings is 1. The van der Waals surface area contributed by atoms with Crippen molar-refractivity contribution in [3.05, 3.63) is 51.6 Å². The lowest BCUT2D eigenvalue weighted by Crippen LogP contribution is -2.42. The number of aryl methyl sites for hydroxylation is 1. The third-order valence-electron chi connectivity index (χ3n) is 5.58. The predicted octanol–water partition coefficient (Wildman–Crippen LogP) is 1.56. The zero-order valence-corrected chi connectivity index (χ0v) is 23.7. The molecule has 1 aromatic carbocycles. The first-order chi connectivity index (χ1) is 18.4. The van der Waals surface area contributed by atoms with Gasteiger partial charge in [-0.05, 0) is 32.0 Å². The highest BCUT2D eigenvalue weighted by Crippen LogP contribution is 2.35. The second kappa shape index (κ2) is 13.2. The average molecular weight is 583 g/mol. The lowest BCUT2D eigenvalue weighted by atomic mass is 10.1. The Morgan fingerprint density at radius 2 is 1.92 bits per heavy atom. The maximum atomic E-state index is 15.0. The second-order valence-electron chi connectivity index (χ2n) is 8.95. The van der Waals surface area contributed by atoms with Gasteiger partial charge in [0.05, 0.1) is 41.8 Å². The highest BCUT2D eigenvalue weighted by Gasteiger charge is 2.37. The Bertz CT molecular complexity index is 1500. The number of thiazole rings is 1. The summed E-state index contributed by atoms with van der Waals surface area (Å²) >= 11 is 0.867. The number of nitrogens with one attached hydrogen (secondary N) is 2. The predicted molar refractivity (Wildman–Crippen MR) is 146 cm³/mol. The summed E-state index contributed by atoms with van der Waals surface area (Å²) in [7, 11) is -1.25. The van der Waals surface area contributed by atoms with E-state index in [2.05, 4.69) is 15.6 Å². The number of methoxy groups -OCH3 is 1. The summed E-state index contributed by atoms with van der Waals surface area (Å²) in [4.78, 5) is 41.3. The number of rotatable bonds is 13. The Balaban J connectivity index is 1.89. The first-order valence-corrected chi connectivity index (χ1v) is 14.6. The van der Waals surface area contributed by atoms with Gasteiger partial charge in [0, 0.05) is 44.1 Å². The van der Waals surface area contributed by atoms with Crippen LogP contribution in [0.3, 0.4) is 0 Å². The summed E-state index contributed by atoms with van der Waals surface area (Å²) in [5.41, 5.74) is 0.612. The van der Waals surface area contributed by atoms with Crippen molar-refractivity contribution in [1.82, 2.24) is 20.2 Å². The van der Waals surface area contributed by atoms with Gasteiger partial charge in [-0.1, -0.05) is 0 Å². The van der Waals surface area contributed by atoms with Crippen LogP contribution in [0.5, 0.6) is 0 Å². The maximum Gasteiger partial charge on any atom is 0.250 e. The Morgan fingerprint density at radius 3 is 2.59 bits per heavy atom. The molecule has 3 rings (SSSR count). The molecular weight excluding hydrogens is 551 g/mol. The Kier molecular flexibility index (Phi) is 10.3. The Labute approximate surface area is 229 Å². The number of pyridine rings is 1. The van der Waals surface area contributed by atoms with Gasteiger partial charge in [-0.2, -0.15) is 0 Å². The highest BCUT2D eigenvalue weighted by molar-refractivity contribution is 7.92. The quantitative estimate of drug-likeness (QED) is 0.289. The molecule has 0 fully saturated rings. The number of hydrogen-bond donors (Lipinski definition) is 2. The van der Waals surface area contributed by atoms with Crippen LogP contribution in [0, 0.1) is 5.82 Å². The summed E-state index contributed by atoms with van der Waals surface area (Å²) in [5, 5.41) is 3.15. The van der Waals surface area contributed by atoms with E-state index < -0.39 is 45.0 Å². The number of nitrogens with zero attached hydrogens (tertiary/aromatic N) is 2. The van der Waals surface area contributed by atoms with Crippen molar-refractivity contribution in [3.8, 4) is 11.1 Å². The zero-order chi connectivity index (χ0) is 28.7. The van der Waals surface area contributed by atoms with Gasteiger partial charge < -0.3 is 24.7 Å². The van der Waals surface area contributed by atoms with Crippen molar-refractivity contribution in [2.45, 2.75) is 25.2 Å². The van der Waals surface area contributed by atoms with Gasteiger partial charge in [-0.25, -0.2) is 17.8 Å².